The van der Waals surface area contributed by atoms with E-state index in [1.165, 1.54) is 0 Å². The Labute approximate surface area is 181 Å². The van der Waals surface area contributed by atoms with Crippen LogP contribution in [0.15, 0.2) is 54.6 Å². The molecule has 4 aromatic rings. The molecule has 2 aliphatic rings. The standard InChI is InChI=1S/C21H16ClN7O2/c22-19-14-11-27(21(30)18(14)24-28(19)10-13-6-2-1-3-7-13)16-12-31-17-9-5-4-8-15(17)29-20(16)23-25-26-29/h1-9,16H,10-12H2/t16-/m0/s1. The summed E-state index contributed by atoms with van der Waals surface area (Å²) in [4.78, 5) is 15.0. The Bertz CT molecular complexity index is 1300. The van der Waals surface area contributed by atoms with Crippen molar-refractivity contribution in [2.24, 2.45) is 0 Å². The van der Waals surface area contributed by atoms with Gasteiger partial charge in [0.1, 0.15) is 29.2 Å². The van der Waals surface area contributed by atoms with Crippen molar-refractivity contribution in [2.75, 3.05) is 6.61 Å². The van der Waals surface area contributed by atoms with Crippen LogP contribution in [0.4, 0.5) is 0 Å². The highest BCUT2D eigenvalue weighted by Gasteiger charge is 2.42. The van der Waals surface area contributed by atoms with Crippen molar-refractivity contribution in [1.82, 2.24) is 34.9 Å². The first-order valence-corrected chi connectivity index (χ1v) is 10.2. The normalized spacial score (nSPS) is 17.0. The summed E-state index contributed by atoms with van der Waals surface area (Å²) in [5.41, 5.74) is 2.87. The Morgan fingerprint density at radius 2 is 1.90 bits per heavy atom. The number of fused-ring (bicyclic) bond motifs is 4. The maximum Gasteiger partial charge on any atom is 0.275 e. The fourth-order valence-electron chi connectivity index (χ4n) is 4.08. The number of ether oxygens (including phenoxy) is 1. The van der Waals surface area contributed by atoms with E-state index in [0.717, 1.165) is 11.3 Å². The lowest BCUT2D eigenvalue weighted by atomic mass is 10.2. The van der Waals surface area contributed by atoms with Gasteiger partial charge in [0.05, 0.1) is 13.1 Å². The molecule has 0 radical (unpaired) electrons. The third kappa shape index (κ3) is 2.81. The van der Waals surface area contributed by atoms with Crippen LogP contribution in [-0.2, 0) is 13.1 Å². The largest absolute Gasteiger partial charge is 0.489 e. The van der Waals surface area contributed by atoms with E-state index in [1.54, 1.807) is 14.3 Å². The highest BCUT2D eigenvalue weighted by Crippen LogP contribution is 2.37. The topological polar surface area (TPSA) is 91.0 Å². The fraction of sp³-hybridized carbons (Fsp3) is 0.190. The van der Waals surface area contributed by atoms with Crippen LogP contribution >= 0.6 is 11.6 Å². The fourth-order valence-corrected chi connectivity index (χ4v) is 4.33. The van der Waals surface area contributed by atoms with E-state index >= 15 is 0 Å². The maximum atomic E-state index is 13.3. The summed E-state index contributed by atoms with van der Waals surface area (Å²) in [5.74, 6) is 0.989. The molecule has 0 unspecified atom stereocenters. The van der Waals surface area contributed by atoms with E-state index in [0.29, 0.717) is 41.1 Å². The molecule has 0 saturated carbocycles. The molecule has 2 aromatic heterocycles. The van der Waals surface area contributed by atoms with Crippen LogP contribution in [0.2, 0.25) is 5.15 Å². The lowest BCUT2D eigenvalue weighted by Crippen LogP contribution is -2.34. The van der Waals surface area contributed by atoms with Gasteiger partial charge in [0.25, 0.3) is 5.91 Å². The zero-order valence-electron chi connectivity index (χ0n) is 16.2. The molecule has 1 atom stereocenters. The van der Waals surface area contributed by atoms with E-state index in [2.05, 4.69) is 20.6 Å². The number of benzene rings is 2. The van der Waals surface area contributed by atoms with E-state index in [4.69, 9.17) is 16.3 Å². The molecular weight excluding hydrogens is 418 g/mol. The third-order valence-corrected chi connectivity index (χ3v) is 6.03. The maximum absolute atomic E-state index is 13.3. The van der Waals surface area contributed by atoms with Crippen LogP contribution in [0.5, 0.6) is 5.75 Å². The van der Waals surface area contributed by atoms with Gasteiger partial charge < -0.3 is 9.64 Å². The van der Waals surface area contributed by atoms with Crippen molar-refractivity contribution in [2.45, 2.75) is 19.1 Å². The summed E-state index contributed by atoms with van der Waals surface area (Å²) in [5, 5.41) is 17.1. The van der Waals surface area contributed by atoms with Crippen molar-refractivity contribution in [3.63, 3.8) is 0 Å². The second kappa shape index (κ2) is 6.92. The van der Waals surface area contributed by atoms with E-state index in [9.17, 15) is 4.79 Å². The first kappa shape index (κ1) is 18.1. The lowest BCUT2D eigenvalue weighted by molar-refractivity contribution is 0.0620. The van der Waals surface area contributed by atoms with Gasteiger partial charge in [-0.15, -0.1) is 5.10 Å². The average Bonchev–Trinajstić information content (AvgIpc) is 3.45. The third-order valence-electron chi connectivity index (χ3n) is 5.61. The van der Waals surface area contributed by atoms with Gasteiger partial charge >= 0.3 is 0 Å². The van der Waals surface area contributed by atoms with Crippen LogP contribution in [0.25, 0.3) is 5.69 Å². The molecule has 0 fully saturated rings. The highest BCUT2D eigenvalue weighted by molar-refractivity contribution is 6.31. The smallest absolute Gasteiger partial charge is 0.275 e. The molecule has 0 saturated heterocycles. The number of carbonyl (C=O) groups is 1. The van der Waals surface area contributed by atoms with Crippen LogP contribution in [0.1, 0.15) is 33.5 Å². The molecule has 6 rings (SSSR count). The minimum Gasteiger partial charge on any atom is -0.489 e. The Morgan fingerprint density at radius 1 is 1.10 bits per heavy atom. The predicted molar refractivity (Wildman–Crippen MR) is 110 cm³/mol. The van der Waals surface area contributed by atoms with Crippen LogP contribution < -0.4 is 4.74 Å². The van der Waals surface area contributed by atoms with Crippen molar-refractivity contribution in [3.8, 4) is 11.4 Å². The summed E-state index contributed by atoms with van der Waals surface area (Å²) in [6, 6.07) is 16.9. The number of para-hydroxylation sites is 2. The van der Waals surface area contributed by atoms with E-state index in [1.807, 2.05) is 54.6 Å². The molecule has 2 aromatic carbocycles. The Balaban J connectivity index is 1.32. The van der Waals surface area contributed by atoms with Gasteiger partial charge in [-0.25, -0.2) is 4.68 Å². The number of hydrogen-bond donors (Lipinski definition) is 0. The molecule has 4 heterocycles. The van der Waals surface area contributed by atoms with Gasteiger partial charge in [-0.05, 0) is 28.1 Å². The highest BCUT2D eigenvalue weighted by atomic mass is 35.5. The number of tetrazole rings is 1. The Morgan fingerprint density at radius 3 is 2.74 bits per heavy atom. The summed E-state index contributed by atoms with van der Waals surface area (Å²) < 4.78 is 9.28. The predicted octanol–water partition coefficient (Wildman–Crippen LogP) is 2.65. The van der Waals surface area contributed by atoms with Crippen molar-refractivity contribution < 1.29 is 9.53 Å². The van der Waals surface area contributed by atoms with Crippen molar-refractivity contribution in [3.05, 3.63) is 82.4 Å². The Hall–Kier alpha value is -3.72. The molecule has 10 heteroatoms. The average molecular weight is 434 g/mol. The van der Waals surface area contributed by atoms with Gasteiger partial charge in [-0.3, -0.25) is 4.79 Å². The lowest BCUT2D eigenvalue weighted by Gasteiger charge is -2.25. The van der Waals surface area contributed by atoms with E-state index in [-0.39, 0.29) is 12.5 Å². The van der Waals surface area contributed by atoms with Crippen LogP contribution in [0.3, 0.4) is 0 Å². The van der Waals surface area contributed by atoms with Gasteiger partial charge in [0, 0.05) is 5.56 Å². The van der Waals surface area contributed by atoms with E-state index < -0.39 is 6.04 Å². The summed E-state index contributed by atoms with van der Waals surface area (Å²) in [6.07, 6.45) is 0. The molecule has 0 N–H and O–H groups in total. The summed E-state index contributed by atoms with van der Waals surface area (Å²) in [6.45, 7) is 1.05. The number of hydrogen-bond acceptors (Lipinski definition) is 6. The number of halogens is 1. The first-order chi connectivity index (χ1) is 15.2. The number of carbonyl (C=O) groups excluding carboxylic acids is 1. The molecule has 2 aliphatic heterocycles. The zero-order chi connectivity index (χ0) is 20.9. The first-order valence-electron chi connectivity index (χ1n) is 9.81. The molecule has 0 spiro atoms. The zero-order valence-corrected chi connectivity index (χ0v) is 17.0. The quantitative estimate of drug-likeness (QED) is 0.493. The molecule has 0 aliphatic carbocycles. The minimum absolute atomic E-state index is 0.210. The molecule has 154 valence electrons. The number of aromatic nitrogens is 6. The second-order valence-electron chi connectivity index (χ2n) is 7.44. The molecular formula is C21H16ClN7O2. The number of amides is 1. The van der Waals surface area contributed by atoms with Gasteiger partial charge in [-0.2, -0.15) is 9.78 Å². The second-order valence-corrected chi connectivity index (χ2v) is 7.80. The molecule has 1 amide bonds. The number of rotatable bonds is 3. The van der Waals surface area contributed by atoms with Crippen molar-refractivity contribution >= 4 is 17.5 Å². The minimum atomic E-state index is -0.470. The molecule has 31 heavy (non-hydrogen) atoms. The van der Waals surface area contributed by atoms with Gasteiger partial charge in [0.2, 0.25) is 0 Å². The van der Waals surface area contributed by atoms with Crippen LogP contribution in [-0.4, -0.2) is 47.4 Å². The summed E-state index contributed by atoms with van der Waals surface area (Å²) >= 11 is 6.62. The number of nitrogens with zero attached hydrogens (tertiary/aromatic N) is 7. The van der Waals surface area contributed by atoms with Gasteiger partial charge in [0.15, 0.2) is 11.5 Å². The van der Waals surface area contributed by atoms with Crippen LogP contribution in [0, 0.1) is 0 Å². The molecule has 0 bridgehead atoms. The monoisotopic (exact) mass is 433 g/mol. The summed E-state index contributed by atoms with van der Waals surface area (Å²) in [7, 11) is 0. The molecule has 9 nitrogen and oxygen atoms in total. The van der Waals surface area contributed by atoms with Gasteiger partial charge in [-0.1, -0.05) is 54.1 Å². The Kier molecular flexibility index (Phi) is 4.03. The van der Waals surface area contributed by atoms with Crippen molar-refractivity contribution in [1.29, 1.82) is 0 Å². The SMILES string of the molecule is O=C1c2nn(Cc3ccccc3)c(Cl)c2CN1[C@H]1COc2ccccc2-n2nnnc21.